The van der Waals surface area contributed by atoms with Crippen LogP contribution in [0.1, 0.15) is 40.5 Å². The lowest BCUT2D eigenvalue weighted by Crippen LogP contribution is -2.26. The second-order valence-corrected chi connectivity index (χ2v) is 4.80. The van der Waals surface area contributed by atoms with Crippen molar-refractivity contribution >= 4 is 5.78 Å². The molecule has 0 fully saturated rings. The molecule has 0 saturated carbocycles. The quantitative estimate of drug-likeness (QED) is 0.612. The minimum atomic E-state index is 0.125. The molecule has 1 heteroatoms. The van der Waals surface area contributed by atoms with Crippen molar-refractivity contribution in [2.75, 3.05) is 0 Å². The van der Waals surface area contributed by atoms with E-state index in [2.05, 4.69) is 26.8 Å². The van der Waals surface area contributed by atoms with Crippen LogP contribution >= 0.6 is 0 Å². The maximum absolute atomic E-state index is 10.9. The van der Waals surface area contributed by atoms with Crippen LogP contribution in [0.15, 0.2) is 23.8 Å². The van der Waals surface area contributed by atoms with Gasteiger partial charge in [-0.15, -0.1) is 0 Å². The molecule has 14 heavy (non-hydrogen) atoms. The van der Waals surface area contributed by atoms with Gasteiger partial charge in [0.2, 0.25) is 0 Å². The third kappa shape index (κ3) is 2.34. The Hall–Kier alpha value is -0.850. The lowest BCUT2D eigenvalue weighted by Gasteiger charge is -2.36. The second-order valence-electron chi connectivity index (χ2n) is 4.80. The number of hydrogen-bond acceptors (Lipinski definition) is 1. The second kappa shape index (κ2) is 4.12. The van der Waals surface area contributed by atoms with Gasteiger partial charge in [0, 0.05) is 0 Å². The highest BCUT2D eigenvalue weighted by atomic mass is 16.1. The summed E-state index contributed by atoms with van der Waals surface area (Å²) in [5.41, 5.74) is 1.52. The minimum Gasteiger partial charge on any atom is -0.295 e. The Kier molecular flexibility index (Phi) is 3.30. The Morgan fingerprint density at radius 3 is 2.79 bits per heavy atom. The summed E-state index contributed by atoms with van der Waals surface area (Å²) >= 11 is 0. The summed E-state index contributed by atoms with van der Waals surface area (Å²) in [7, 11) is 0. The van der Waals surface area contributed by atoms with Crippen LogP contribution in [-0.4, -0.2) is 5.78 Å². The van der Waals surface area contributed by atoms with Gasteiger partial charge in [0.25, 0.3) is 0 Å². The van der Waals surface area contributed by atoms with Crippen molar-refractivity contribution < 1.29 is 4.79 Å². The molecule has 0 N–H and O–H groups in total. The Morgan fingerprint density at radius 2 is 2.21 bits per heavy atom. The van der Waals surface area contributed by atoms with Gasteiger partial charge in [-0.3, -0.25) is 4.79 Å². The van der Waals surface area contributed by atoms with Crippen molar-refractivity contribution in [1.82, 2.24) is 0 Å². The zero-order valence-electron chi connectivity index (χ0n) is 9.63. The molecule has 0 aliphatic heterocycles. The SMILES string of the molecule is CC(=O)C=CC1=CCCC(C)C1(C)C. The maximum atomic E-state index is 10.9. The highest BCUT2D eigenvalue weighted by Gasteiger charge is 2.30. The predicted octanol–water partition coefficient (Wildman–Crippen LogP) is 3.51. The molecule has 78 valence electrons. The lowest BCUT2D eigenvalue weighted by molar-refractivity contribution is -0.112. The Balaban J connectivity index is 2.86. The third-order valence-corrected chi connectivity index (χ3v) is 3.44. The van der Waals surface area contributed by atoms with E-state index in [0.29, 0.717) is 5.92 Å². The van der Waals surface area contributed by atoms with Crippen LogP contribution in [0.25, 0.3) is 0 Å². The van der Waals surface area contributed by atoms with Crippen LogP contribution in [0.4, 0.5) is 0 Å². The number of carbonyl (C=O) groups excluding carboxylic acids is 1. The molecule has 0 aromatic rings. The molecule has 1 rings (SSSR count). The van der Waals surface area contributed by atoms with E-state index in [1.807, 2.05) is 6.08 Å². The highest BCUT2D eigenvalue weighted by Crippen LogP contribution is 2.41. The van der Waals surface area contributed by atoms with Crippen molar-refractivity contribution in [2.24, 2.45) is 11.3 Å². The zero-order chi connectivity index (χ0) is 10.8. The summed E-state index contributed by atoms with van der Waals surface area (Å²) in [6.45, 7) is 8.39. The lowest BCUT2D eigenvalue weighted by atomic mass is 9.68. The van der Waals surface area contributed by atoms with Crippen LogP contribution in [0.5, 0.6) is 0 Å². The number of rotatable bonds is 2. The zero-order valence-corrected chi connectivity index (χ0v) is 9.63. The van der Waals surface area contributed by atoms with Crippen LogP contribution in [-0.2, 0) is 4.79 Å². The Labute approximate surface area is 86.9 Å². The largest absolute Gasteiger partial charge is 0.295 e. The number of allylic oxidation sites excluding steroid dienone is 4. The first-order chi connectivity index (χ1) is 6.44. The van der Waals surface area contributed by atoms with Crippen molar-refractivity contribution in [3.63, 3.8) is 0 Å². The number of carbonyl (C=O) groups is 1. The monoisotopic (exact) mass is 192 g/mol. The third-order valence-electron chi connectivity index (χ3n) is 3.44. The van der Waals surface area contributed by atoms with Crippen LogP contribution in [0, 0.1) is 11.3 Å². The fourth-order valence-electron chi connectivity index (χ4n) is 1.89. The summed E-state index contributed by atoms with van der Waals surface area (Å²) in [4.78, 5) is 10.9. The molecule has 0 aromatic heterocycles. The van der Waals surface area contributed by atoms with E-state index in [0.717, 1.165) is 6.42 Å². The molecule has 0 bridgehead atoms. The summed E-state index contributed by atoms with van der Waals surface area (Å²) in [5, 5.41) is 0. The van der Waals surface area contributed by atoms with E-state index in [1.54, 1.807) is 13.0 Å². The average Bonchev–Trinajstić information content (AvgIpc) is 2.07. The van der Waals surface area contributed by atoms with Gasteiger partial charge < -0.3 is 0 Å². The summed E-state index contributed by atoms with van der Waals surface area (Å²) in [6, 6.07) is 0. The number of hydrogen-bond donors (Lipinski definition) is 0. The first-order valence-electron chi connectivity index (χ1n) is 5.34. The molecule has 1 aliphatic carbocycles. The molecule has 0 spiro atoms. The predicted molar refractivity (Wildman–Crippen MR) is 60.1 cm³/mol. The van der Waals surface area contributed by atoms with E-state index in [9.17, 15) is 4.79 Å². The van der Waals surface area contributed by atoms with E-state index in [-0.39, 0.29) is 11.2 Å². The first-order valence-corrected chi connectivity index (χ1v) is 5.34. The molecule has 0 saturated heterocycles. The van der Waals surface area contributed by atoms with Crippen molar-refractivity contribution in [3.05, 3.63) is 23.8 Å². The molecular weight excluding hydrogens is 172 g/mol. The molecule has 1 unspecified atom stereocenters. The highest BCUT2D eigenvalue weighted by molar-refractivity contribution is 5.87. The first kappa shape index (κ1) is 11.2. The fraction of sp³-hybridized carbons (Fsp3) is 0.615. The molecule has 0 heterocycles. The van der Waals surface area contributed by atoms with Gasteiger partial charge in [0.1, 0.15) is 0 Å². The molecular formula is C13H20O. The van der Waals surface area contributed by atoms with Gasteiger partial charge in [-0.25, -0.2) is 0 Å². The minimum absolute atomic E-state index is 0.125. The van der Waals surface area contributed by atoms with E-state index in [1.165, 1.54) is 12.0 Å². The maximum Gasteiger partial charge on any atom is 0.152 e. The molecule has 0 radical (unpaired) electrons. The Bertz CT molecular complexity index is 282. The van der Waals surface area contributed by atoms with Crippen molar-refractivity contribution in [1.29, 1.82) is 0 Å². The average molecular weight is 192 g/mol. The van der Waals surface area contributed by atoms with Gasteiger partial charge in [-0.1, -0.05) is 32.9 Å². The van der Waals surface area contributed by atoms with E-state index < -0.39 is 0 Å². The van der Waals surface area contributed by atoms with Crippen LogP contribution in [0.3, 0.4) is 0 Å². The van der Waals surface area contributed by atoms with Crippen LogP contribution < -0.4 is 0 Å². The summed E-state index contributed by atoms with van der Waals surface area (Å²) < 4.78 is 0. The molecule has 1 aliphatic rings. The number of ketones is 1. The van der Waals surface area contributed by atoms with Crippen molar-refractivity contribution in [3.8, 4) is 0 Å². The van der Waals surface area contributed by atoms with Gasteiger partial charge >= 0.3 is 0 Å². The van der Waals surface area contributed by atoms with Gasteiger partial charge in [-0.05, 0) is 42.7 Å². The summed E-state index contributed by atoms with van der Waals surface area (Å²) in [5.74, 6) is 0.819. The molecule has 0 aromatic carbocycles. The smallest absolute Gasteiger partial charge is 0.152 e. The normalized spacial score (nSPS) is 26.3. The topological polar surface area (TPSA) is 17.1 Å². The fourth-order valence-corrected chi connectivity index (χ4v) is 1.89. The summed E-state index contributed by atoms with van der Waals surface area (Å²) in [6.07, 6.45) is 8.32. The van der Waals surface area contributed by atoms with E-state index in [4.69, 9.17) is 0 Å². The molecule has 0 amide bonds. The van der Waals surface area contributed by atoms with Gasteiger partial charge in [-0.2, -0.15) is 0 Å². The molecule has 1 atom stereocenters. The van der Waals surface area contributed by atoms with E-state index >= 15 is 0 Å². The van der Waals surface area contributed by atoms with Gasteiger partial charge in [0.15, 0.2) is 5.78 Å². The Morgan fingerprint density at radius 1 is 1.57 bits per heavy atom. The van der Waals surface area contributed by atoms with Gasteiger partial charge in [0.05, 0.1) is 0 Å². The van der Waals surface area contributed by atoms with Crippen molar-refractivity contribution in [2.45, 2.75) is 40.5 Å². The standard InChI is InChI=1S/C13H20O/c1-10-6-5-7-12(13(10,3)4)9-8-11(2)14/h7-10H,5-6H2,1-4H3. The molecule has 1 nitrogen and oxygen atoms in total. The van der Waals surface area contributed by atoms with Crippen LogP contribution in [0.2, 0.25) is 0 Å².